The average molecular weight is 331 g/mol. The van der Waals surface area contributed by atoms with Gasteiger partial charge in [-0.15, -0.1) is 11.3 Å². The molecule has 1 fully saturated rings. The summed E-state index contributed by atoms with van der Waals surface area (Å²) in [7, 11) is 0. The molecule has 2 aromatic rings. The number of benzene rings is 1. The number of nitrogens with two attached hydrogens (primary N) is 1. The summed E-state index contributed by atoms with van der Waals surface area (Å²) >= 11 is 1.53. The van der Waals surface area contributed by atoms with E-state index in [1.165, 1.54) is 11.3 Å². The lowest BCUT2D eigenvalue weighted by Gasteiger charge is -2.14. The smallest absolute Gasteiger partial charge is 0.231 e. The van der Waals surface area contributed by atoms with Gasteiger partial charge in [0.2, 0.25) is 12.7 Å². The van der Waals surface area contributed by atoms with E-state index in [2.05, 4.69) is 4.98 Å². The molecule has 1 aromatic carbocycles. The Kier molecular flexibility index (Phi) is 3.66. The molecule has 0 unspecified atom stereocenters. The molecule has 1 aromatic heterocycles. The Balaban J connectivity index is 1.47. The van der Waals surface area contributed by atoms with Crippen LogP contribution in [-0.2, 0) is 11.2 Å². The van der Waals surface area contributed by atoms with Crippen molar-refractivity contribution >= 4 is 17.2 Å². The SMILES string of the molecule is N[C@@H]1CCN(C(=O)Cc2csc(-c3ccc4c(c3)OCO4)n2)C1. The minimum atomic E-state index is 0.0977. The van der Waals surface area contributed by atoms with Crippen molar-refractivity contribution in [1.82, 2.24) is 9.88 Å². The lowest BCUT2D eigenvalue weighted by molar-refractivity contribution is -0.129. The Morgan fingerprint density at radius 2 is 2.26 bits per heavy atom. The van der Waals surface area contributed by atoms with E-state index in [0.29, 0.717) is 13.0 Å². The first-order valence-corrected chi connectivity index (χ1v) is 8.45. The van der Waals surface area contributed by atoms with Gasteiger partial charge in [-0.2, -0.15) is 0 Å². The zero-order chi connectivity index (χ0) is 15.8. The van der Waals surface area contributed by atoms with E-state index >= 15 is 0 Å². The van der Waals surface area contributed by atoms with Crippen LogP contribution in [0.15, 0.2) is 23.6 Å². The molecule has 6 nitrogen and oxygen atoms in total. The summed E-state index contributed by atoms with van der Waals surface area (Å²) in [6, 6.07) is 5.87. The highest BCUT2D eigenvalue weighted by atomic mass is 32.1. The second-order valence-electron chi connectivity index (χ2n) is 5.78. The van der Waals surface area contributed by atoms with Crippen LogP contribution in [0.3, 0.4) is 0 Å². The number of fused-ring (bicyclic) bond motifs is 1. The molecule has 0 aliphatic carbocycles. The first-order chi connectivity index (χ1) is 11.2. The molecule has 0 radical (unpaired) electrons. The number of likely N-dealkylation sites (tertiary alicyclic amines) is 1. The van der Waals surface area contributed by atoms with Crippen molar-refractivity contribution in [3.8, 4) is 22.1 Å². The number of thiazole rings is 1. The predicted octanol–water partition coefficient (Wildman–Crippen LogP) is 1.64. The first kappa shape index (κ1) is 14.5. The van der Waals surface area contributed by atoms with Crippen LogP contribution in [0.2, 0.25) is 0 Å². The van der Waals surface area contributed by atoms with Crippen molar-refractivity contribution in [3.63, 3.8) is 0 Å². The van der Waals surface area contributed by atoms with E-state index in [1.54, 1.807) is 0 Å². The summed E-state index contributed by atoms with van der Waals surface area (Å²) in [5.74, 6) is 1.59. The Bertz CT molecular complexity index is 746. The second-order valence-corrected chi connectivity index (χ2v) is 6.64. The largest absolute Gasteiger partial charge is 0.454 e. The van der Waals surface area contributed by atoms with Gasteiger partial charge in [-0.25, -0.2) is 4.98 Å². The van der Waals surface area contributed by atoms with Gasteiger partial charge in [-0.05, 0) is 24.6 Å². The number of aromatic nitrogens is 1. The number of amides is 1. The topological polar surface area (TPSA) is 77.7 Å². The number of carbonyl (C=O) groups excluding carboxylic acids is 1. The molecule has 0 saturated carbocycles. The minimum Gasteiger partial charge on any atom is -0.454 e. The maximum absolute atomic E-state index is 12.3. The van der Waals surface area contributed by atoms with E-state index in [4.69, 9.17) is 15.2 Å². The van der Waals surface area contributed by atoms with Gasteiger partial charge in [-0.1, -0.05) is 0 Å². The summed E-state index contributed by atoms with van der Waals surface area (Å²) in [6.45, 7) is 1.66. The number of carbonyl (C=O) groups is 1. The van der Waals surface area contributed by atoms with Gasteiger partial charge in [0.05, 0.1) is 12.1 Å². The first-order valence-electron chi connectivity index (χ1n) is 7.57. The lowest BCUT2D eigenvalue weighted by Crippen LogP contribution is -2.32. The van der Waals surface area contributed by atoms with Crippen LogP contribution in [0.25, 0.3) is 10.6 Å². The Morgan fingerprint density at radius 3 is 3.09 bits per heavy atom. The van der Waals surface area contributed by atoms with Crippen molar-refractivity contribution < 1.29 is 14.3 Å². The van der Waals surface area contributed by atoms with Gasteiger partial charge in [0.1, 0.15) is 5.01 Å². The third-order valence-electron chi connectivity index (χ3n) is 4.08. The van der Waals surface area contributed by atoms with Crippen molar-refractivity contribution in [2.75, 3.05) is 19.9 Å². The standard InChI is InChI=1S/C16H17N3O3S/c17-11-3-4-19(7-11)15(20)6-12-8-23-16(18-12)10-1-2-13-14(5-10)22-9-21-13/h1-2,5,8,11H,3-4,6-7,9,17H2/t11-/m1/s1. The Hall–Kier alpha value is -2.12. The maximum Gasteiger partial charge on any atom is 0.231 e. The molecule has 7 heteroatoms. The number of rotatable bonds is 3. The molecule has 23 heavy (non-hydrogen) atoms. The van der Waals surface area contributed by atoms with Crippen LogP contribution >= 0.6 is 11.3 Å². The monoisotopic (exact) mass is 331 g/mol. The fourth-order valence-corrected chi connectivity index (χ4v) is 3.65. The summed E-state index contributed by atoms with van der Waals surface area (Å²) in [6.07, 6.45) is 1.21. The highest BCUT2D eigenvalue weighted by Gasteiger charge is 2.24. The molecule has 3 heterocycles. The van der Waals surface area contributed by atoms with Gasteiger partial charge < -0.3 is 20.1 Å². The molecular weight excluding hydrogens is 314 g/mol. The summed E-state index contributed by atoms with van der Waals surface area (Å²) in [4.78, 5) is 18.7. The highest BCUT2D eigenvalue weighted by Crippen LogP contribution is 2.36. The van der Waals surface area contributed by atoms with E-state index in [0.717, 1.165) is 40.7 Å². The number of hydrogen-bond acceptors (Lipinski definition) is 6. The van der Waals surface area contributed by atoms with Gasteiger partial charge in [0.25, 0.3) is 0 Å². The molecule has 120 valence electrons. The number of hydrogen-bond donors (Lipinski definition) is 1. The number of nitrogens with zero attached hydrogens (tertiary/aromatic N) is 2. The quantitative estimate of drug-likeness (QED) is 0.925. The third kappa shape index (κ3) is 2.89. The van der Waals surface area contributed by atoms with Gasteiger partial charge >= 0.3 is 0 Å². The molecule has 4 rings (SSSR count). The minimum absolute atomic E-state index is 0.0977. The Labute approximate surface area is 137 Å². The van der Waals surface area contributed by atoms with Gasteiger partial charge in [0, 0.05) is 30.1 Å². The van der Waals surface area contributed by atoms with Crippen LogP contribution in [0, 0.1) is 0 Å². The highest BCUT2D eigenvalue weighted by molar-refractivity contribution is 7.13. The molecule has 1 atom stereocenters. The average Bonchev–Trinajstić information content (AvgIpc) is 3.26. The van der Waals surface area contributed by atoms with E-state index in [1.807, 2.05) is 28.5 Å². The fraction of sp³-hybridized carbons (Fsp3) is 0.375. The van der Waals surface area contributed by atoms with Crippen molar-refractivity contribution in [2.45, 2.75) is 18.9 Å². The van der Waals surface area contributed by atoms with Crippen LogP contribution < -0.4 is 15.2 Å². The summed E-state index contributed by atoms with van der Waals surface area (Å²) in [5, 5.41) is 2.82. The maximum atomic E-state index is 12.3. The fourth-order valence-electron chi connectivity index (χ4n) is 2.83. The second kappa shape index (κ2) is 5.82. The Morgan fingerprint density at radius 1 is 1.39 bits per heavy atom. The van der Waals surface area contributed by atoms with Crippen LogP contribution in [0.1, 0.15) is 12.1 Å². The van der Waals surface area contributed by atoms with E-state index in [9.17, 15) is 4.79 Å². The molecule has 1 saturated heterocycles. The summed E-state index contributed by atoms with van der Waals surface area (Å²) < 4.78 is 10.7. The molecule has 2 aliphatic heterocycles. The van der Waals surface area contributed by atoms with Crippen LogP contribution in [0.4, 0.5) is 0 Å². The molecule has 0 bridgehead atoms. The van der Waals surface area contributed by atoms with E-state index in [-0.39, 0.29) is 18.7 Å². The van der Waals surface area contributed by atoms with Crippen LogP contribution in [-0.4, -0.2) is 41.7 Å². The molecule has 0 spiro atoms. The zero-order valence-corrected chi connectivity index (χ0v) is 13.3. The van der Waals surface area contributed by atoms with Crippen molar-refractivity contribution in [2.24, 2.45) is 5.73 Å². The van der Waals surface area contributed by atoms with E-state index < -0.39 is 0 Å². The van der Waals surface area contributed by atoms with Crippen LogP contribution in [0.5, 0.6) is 11.5 Å². The summed E-state index contributed by atoms with van der Waals surface area (Å²) in [5.41, 5.74) is 7.62. The van der Waals surface area contributed by atoms with Crippen molar-refractivity contribution in [1.29, 1.82) is 0 Å². The van der Waals surface area contributed by atoms with Crippen molar-refractivity contribution in [3.05, 3.63) is 29.3 Å². The molecule has 1 amide bonds. The normalized spacial score (nSPS) is 19.3. The third-order valence-corrected chi connectivity index (χ3v) is 5.02. The van der Waals surface area contributed by atoms with Gasteiger partial charge in [0.15, 0.2) is 11.5 Å². The molecule has 2 N–H and O–H groups in total. The lowest BCUT2D eigenvalue weighted by atomic mass is 10.2. The predicted molar refractivity (Wildman–Crippen MR) is 86.5 cm³/mol. The zero-order valence-electron chi connectivity index (χ0n) is 12.5. The number of ether oxygens (including phenoxy) is 2. The molecular formula is C16H17N3O3S. The molecule has 2 aliphatic rings. The van der Waals surface area contributed by atoms with Gasteiger partial charge in [-0.3, -0.25) is 4.79 Å².